The molecular weight excluding hydrogens is 414 g/mol. The van der Waals surface area contributed by atoms with Gasteiger partial charge < -0.3 is 14.4 Å². The molecule has 0 radical (unpaired) electrons. The van der Waals surface area contributed by atoms with Gasteiger partial charge in [-0.2, -0.15) is 0 Å². The number of morpholine rings is 1. The van der Waals surface area contributed by atoms with Crippen molar-refractivity contribution in [3.8, 4) is 5.75 Å². The summed E-state index contributed by atoms with van der Waals surface area (Å²) < 4.78 is 40.1. The van der Waals surface area contributed by atoms with Gasteiger partial charge in [-0.25, -0.2) is 13.1 Å². The molecule has 0 aromatic heterocycles. The first-order chi connectivity index (χ1) is 14.7. The molecule has 2 aromatic rings. The van der Waals surface area contributed by atoms with Crippen LogP contribution in [0.2, 0.25) is 0 Å². The maximum absolute atomic E-state index is 13.2. The summed E-state index contributed by atoms with van der Waals surface area (Å²) in [6, 6.07) is 11.6. The Kier molecular flexibility index (Phi) is 7.59. The Morgan fingerprint density at radius 2 is 1.71 bits per heavy atom. The summed E-state index contributed by atoms with van der Waals surface area (Å²) >= 11 is 0. The van der Waals surface area contributed by atoms with Crippen LogP contribution in [0.25, 0.3) is 0 Å². The first-order valence-corrected chi connectivity index (χ1v) is 11.9. The number of benzene rings is 2. The van der Waals surface area contributed by atoms with E-state index in [9.17, 15) is 8.42 Å². The van der Waals surface area contributed by atoms with E-state index in [1.54, 1.807) is 12.1 Å². The lowest BCUT2D eigenvalue weighted by atomic mass is 10.0. The summed E-state index contributed by atoms with van der Waals surface area (Å²) in [5.41, 5.74) is 4.07. The molecule has 0 saturated carbocycles. The number of methoxy groups -OCH3 is 1. The van der Waals surface area contributed by atoms with E-state index in [0.717, 1.165) is 35.5 Å². The third-order valence-corrected chi connectivity index (χ3v) is 7.26. The van der Waals surface area contributed by atoms with Gasteiger partial charge in [-0.15, -0.1) is 0 Å². The molecule has 1 heterocycles. The molecule has 1 unspecified atom stereocenters. The van der Waals surface area contributed by atoms with E-state index in [4.69, 9.17) is 9.47 Å². The normalized spacial score (nSPS) is 16.2. The molecular formula is C23H33N3O4S. The second-order valence-corrected chi connectivity index (χ2v) is 9.82. The zero-order valence-electron chi connectivity index (χ0n) is 19.0. The van der Waals surface area contributed by atoms with Crippen molar-refractivity contribution in [3.63, 3.8) is 0 Å². The largest absolute Gasteiger partial charge is 0.495 e. The van der Waals surface area contributed by atoms with Gasteiger partial charge in [-0.1, -0.05) is 12.1 Å². The van der Waals surface area contributed by atoms with Crippen molar-refractivity contribution in [3.05, 3.63) is 53.1 Å². The van der Waals surface area contributed by atoms with Crippen LogP contribution in [-0.4, -0.2) is 67.4 Å². The summed E-state index contributed by atoms with van der Waals surface area (Å²) in [6.07, 6.45) is 0. The lowest BCUT2D eigenvalue weighted by molar-refractivity contribution is 0.0172. The van der Waals surface area contributed by atoms with Crippen LogP contribution in [-0.2, 0) is 14.8 Å². The van der Waals surface area contributed by atoms with Crippen molar-refractivity contribution < 1.29 is 17.9 Å². The number of hydrogen-bond donors (Lipinski definition) is 1. The molecule has 8 heteroatoms. The van der Waals surface area contributed by atoms with Gasteiger partial charge in [0.15, 0.2) is 0 Å². The van der Waals surface area contributed by atoms with Crippen LogP contribution in [0.3, 0.4) is 0 Å². The predicted octanol–water partition coefficient (Wildman–Crippen LogP) is 2.73. The second-order valence-electron chi connectivity index (χ2n) is 8.09. The second kappa shape index (κ2) is 9.99. The topological polar surface area (TPSA) is 71.1 Å². The quantitative estimate of drug-likeness (QED) is 0.671. The Balaban J connectivity index is 1.87. The van der Waals surface area contributed by atoms with E-state index in [1.165, 1.54) is 7.11 Å². The van der Waals surface area contributed by atoms with E-state index in [2.05, 4.69) is 33.9 Å². The molecule has 1 aliphatic heterocycles. The standard InChI is InChI=1S/C23H33N3O4S/c1-17-14-22(29-5)23(15-18(17)2)31(27,28)24-16-21(26-10-12-30-13-11-26)19-6-8-20(9-7-19)25(3)4/h6-9,14-15,21,24H,10-13,16H2,1-5H3. The fourth-order valence-corrected chi connectivity index (χ4v) is 5.01. The van der Waals surface area contributed by atoms with Crippen LogP contribution in [0.15, 0.2) is 41.3 Å². The number of rotatable bonds is 8. The van der Waals surface area contributed by atoms with Crippen LogP contribution in [0.4, 0.5) is 5.69 Å². The van der Waals surface area contributed by atoms with Gasteiger partial charge in [0, 0.05) is 45.5 Å². The Bertz CT molecular complexity index is 985. The molecule has 0 spiro atoms. The van der Waals surface area contributed by atoms with Crippen LogP contribution < -0.4 is 14.4 Å². The minimum atomic E-state index is -3.75. The highest BCUT2D eigenvalue weighted by Crippen LogP contribution is 2.29. The van der Waals surface area contributed by atoms with E-state index in [-0.39, 0.29) is 17.5 Å². The molecule has 0 bridgehead atoms. The number of nitrogens with zero attached hydrogens (tertiary/aromatic N) is 2. The SMILES string of the molecule is COc1cc(C)c(C)cc1S(=O)(=O)NCC(c1ccc(N(C)C)cc1)N1CCOCC1. The molecule has 1 aliphatic rings. The third-order valence-electron chi connectivity index (χ3n) is 5.82. The van der Waals surface area contributed by atoms with Crippen molar-refractivity contribution in [2.75, 3.05) is 59.0 Å². The molecule has 0 amide bonds. The predicted molar refractivity (Wildman–Crippen MR) is 124 cm³/mol. The molecule has 1 atom stereocenters. The van der Waals surface area contributed by atoms with Gasteiger partial charge >= 0.3 is 0 Å². The number of anilines is 1. The minimum Gasteiger partial charge on any atom is -0.495 e. The van der Waals surface area contributed by atoms with Gasteiger partial charge in [-0.05, 0) is 54.8 Å². The maximum atomic E-state index is 13.2. The van der Waals surface area contributed by atoms with Gasteiger partial charge in [0.25, 0.3) is 0 Å². The number of aryl methyl sites for hydroxylation is 2. The molecule has 1 saturated heterocycles. The van der Waals surface area contributed by atoms with Crippen molar-refractivity contribution >= 4 is 15.7 Å². The lowest BCUT2D eigenvalue weighted by Crippen LogP contribution is -2.43. The Hall–Kier alpha value is -2.13. The van der Waals surface area contributed by atoms with Crippen LogP contribution >= 0.6 is 0 Å². The summed E-state index contributed by atoms with van der Waals surface area (Å²) in [5.74, 6) is 0.355. The van der Waals surface area contributed by atoms with Gasteiger partial charge in [0.05, 0.1) is 20.3 Å². The average Bonchev–Trinajstić information content (AvgIpc) is 2.76. The van der Waals surface area contributed by atoms with Gasteiger partial charge in [-0.3, -0.25) is 4.90 Å². The molecule has 1 fully saturated rings. The van der Waals surface area contributed by atoms with Crippen molar-refractivity contribution in [2.24, 2.45) is 0 Å². The fourth-order valence-electron chi connectivity index (χ4n) is 3.74. The van der Waals surface area contributed by atoms with Crippen molar-refractivity contribution in [2.45, 2.75) is 24.8 Å². The van der Waals surface area contributed by atoms with Crippen LogP contribution in [0.1, 0.15) is 22.7 Å². The molecule has 170 valence electrons. The maximum Gasteiger partial charge on any atom is 0.244 e. The highest BCUT2D eigenvalue weighted by atomic mass is 32.2. The molecule has 7 nitrogen and oxygen atoms in total. The fraction of sp³-hybridized carbons (Fsp3) is 0.478. The number of ether oxygens (including phenoxy) is 2. The monoisotopic (exact) mass is 447 g/mol. The first kappa shape index (κ1) is 23.5. The van der Waals surface area contributed by atoms with E-state index >= 15 is 0 Å². The molecule has 1 N–H and O–H groups in total. The molecule has 31 heavy (non-hydrogen) atoms. The minimum absolute atomic E-state index is 0.0903. The lowest BCUT2D eigenvalue weighted by Gasteiger charge is -2.35. The summed E-state index contributed by atoms with van der Waals surface area (Å²) in [7, 11) is 1.74. The van der Waals surface area contributed by atoms with Crippen LogP contribution in [0, 0.1) is 13.8 Å². The average molecular weight is 448 g/mol. The summed E-state index contributed by atoms with van der Waals surface area (Å²) in [4.78, 5) is 4.48. The van der Waals surface area contributed by atoms with E-state index in [1.807, 2.05) is 32.8 Å². The van der Waals surface area contributed by atoms with Crippen molar-refractivity contribution in [1.29, 1.82) is 0 Å². The van der Waals surface area contributed by atoms with E-state index in [0.29, 0.717) is 19.0 Å². The summed E-state index contributed by atoms with van der Waals surface area (Å²) in [5, 5.41) is 0. The number of sulfonamides is 1. The Labute approximate surface area is 186 Å². The first-order valence-electron chi connectivity index (χ1n) is 10.5. The zero-order valence-corrected chi connectivity index (χ0v) is 19.8. The summed E-state index contributed by atoms with van der Waals surface area (Å²) in [6.45, 7) is 6.90. The smallest absolute Gasteiger partial charge is 0.244 e. The molecule has 0 aliphatic carbocycles. The highest BCUT2D eigenvalue weighted by molar-refractivity contribution is 7.89. The zero-order chi connectivity index (χ0) is 22.6. The Morgan fingerprint density at radius 1 is 1.10 bits per heavy atom. The van der Waals surface area contributed by atoms with Crippen LogP contribution in [0.5, 0.6) is 5.75 Å². The number of hydrogen-bond acceptors (Lipinski definition) is 6. The van der Waals surface area contributed by atoms with Gasteiger partial charge in [0.1, 0.15) is 10.6 Å². The van der Waals surface area contributed by atoms with Crippen molar-refractivity contribution in [1.82, 2.24) is 9.62 Å². The molecule has 3 rings (SSSR count). The highest BCUT2D eigenvalue weighted by Gasteiger charge is 2.27. The van der Waals surface area contributed by atoms with E-state index < -0.39 is 10.0 Å². The molecule has 2 aromatic carbocycles. The Morgan fingerprint density at radius 3 is 2.29 bits per heavy atom. The third kappa shape index (κ3) is 5.57. The van der Waals surface area contributed by atoms with Gasteiger partial charge in [0.2, 0.25) is 10.0 Å². The number of nitrogens with one attached hydrogen (secondary N) is 1.